The molecule has 0 fully saturated rings. The van der Waals surface area contributed by atoms with E-state index in [0.29, 0.717) is 5.92 Å². The highest BCUT2D eigenvalue weighted by molar-refractivity contribution is 5.09. The summed E-state index contributed by atoms with van der Waals surface area (Å²) in [7, 11) is 0. The second kappa shape index (κ2) is 4.81. The van der Waals surface area contributed by atoms with Gasteiger partial charge in [0.1, 0.15) is 0 Å². The lowest BCUT2D eigenvalue weighted by molar-refractivity contribution is 0.501. The molecule has 0 aliphatic carbocycles. The second-order valence-corrected chi connectivity index (χ2v) is 3.45. The first kappa shape index (κ1) is 11.0. The number of hydrogen-bond donors (Lipinski definition) is 0. The van der Waals surface area contributed by atoms with Crippen LogP contribution in [-0.4, -0.2) is 4.90 Å². The zero-order chi connectivity index (χ0) is 9.72. The Bertz CT molecular complexity index is 189. The summed E-state index contributed by atoms with van der Waals surface area (Å²) in [5, 5.41) is 0. The Morgan fingerprint density at radius 3 is 2.17 bits per heavy atom. The second-order valence-electron chi connectivity index (χ2n) is 3.45. The minimum absolute atomic E-state index is 0.624. The van der Waals surface area contributed by atoms with Crippen molar-refractivity contribution in [3.05, 3.63) is 37.3 Å². The van der Waals surface area contributed by atoms with Crippen molar-refractivity contribution >= 4 is 0 Å². The van der Waals surface area contributed by atoms with Crippen LogP contribution in [0, 0.1) is 5.92 Å². The lowest BCUT2D eigenvalue weighted by atomic mass is 10.1. The molecule has 0 N–H and O–H groups in total. The summed E-state index contributed by atoms with van der Waals surface area (Å²) < 4.78 is 0. The highest BCUT2D eigenvalue weighted by Gasteiger charge is 2.05. The van der Waals surface area contributed by atoms with Crippen LogP contribution in [0.2, 0.25) is 0 Å². The molecular formula is C11H19N. The summed E-state index contributed by atoms with van der Waals surface area (Å²) in [6, 6.07) is 0. The van der Waals surface area contributed by atoms with Gasteiger partial charge in [-0.15, -0.1) is 0 Å². The lowest BCUT2D eigenvalue weighted by Gasteiger charge is -2.23. The molecule has 68 valence electrons. The van der Waals surface area contributed by atoms with Crippen LogP contribution in [0.15, 0.2) is 37.3 Å². The molecule has 0 rings (SSSR count). The number of nitrogens with zero attached hydrogens (tertiary/aromatic N) is 1. The summed E-state index contributed by atoms with van der Waals surface area (Å²) in [4.78, 5) is 1.93. The number of allylic oxidation sites excluding steroid dienone is 2. The summed E-state index contributed by atoms with van der Waals surface area (Å²) >= 11 is 0. The molecule has 1 nitrogen and oxygen atoms in total. The van der Waals surface area contributed by atoms with Crippen LogP contribution in [0.5, 0.6) is 0 Å². The van der Waals surface area contributed by atoms with Gasteiger partial charge in [0.2, 0.25) is 0 Å². The van der Waals surface area contributed by atoms with Gasteiger partial charge >= 0.3 is 0 Å². The van der Waals surface area contributed by atoms with E-state index in [4.69, 9.17) is 0 Å². The van der Waals surface area contributed by atoms with Gasteiger partial charge in [0.25, 0.3) is 0 Å². The van der Waals surface area contributed by atoms with Crippen molar-refractivity contribution in [2.45, 2.75) is 27.2 Å². The molecule has 12 heavy (non-hydrogen) atoms. The van der Waals surface area contributed by atoms with Gasteiger partial charge in [-0.2, -0.15) is 0 Å². The average Bonchev–Trinajstić information content (AvgIpc) is 1.85. The van der Waals surface area contributed by atoms with Gasteiger partial charge in [0.15, 0.2) is 0 Å². The van der Waals surface area contributed by atoms with Gasteiger partial charge in [-0.25, -0.2) is 0 Å². The Labute approximate surface area is 76.1 Å². The first-order chi connectivity index (χ1) is 5.49. The van der Waals surface area contributed by atoms with Crippen molar-refractivity contribution in [1.82, 2.24) is 4.90 Å². The van der Waals surface area contributed by atoms with Crippen molar-refractivity contribution < 1.29 is 0 Å². The Morgan fingerprint density at radius 2 is 1.92 bits per heavy atom. The van der Waals surface area contributed by atoms with Gasteiger partial charge in [0.05, 0.1) is 0 Å². The number of rotatable bonds is 5. The SMILES string of the molecule is C=CN(C(=C)C)C(=C)CC(C)C. The maximum absolute atomic E-state index is 3.98. The zero-order valence-corrected chi connectivity index (χ0v) is 8.43. The van der Waals surface area contributed by atoms with E-state index in [1.54, 1.807) is 6.20 Å². The lowest BCUT2D eigenvalue weighted by Crippen LogP contribution is -2.13. The molecule has 0 unspecified atom stereocenters. The van der Waals surface area contributed by atoms with Crippen molar-refractivity contribution in [1.29, 1.82) is 0 Å². The van der Waals surface area contributed by atoms with Crippen LogP contribution < -0.4 is 0 Å². The predicted molar refractivity (Wildman–Crippen MR) is 55.4 cm³/mol. The summed E-state index contributed by atoms with van der Waals surface area (Å²) in [6.45, 7) is 17.8. The molecule has 0 heterocycles. The van der Waals surface area contributed by atoms with E-state index in [2.05, 4.69) is 33.6 Å². The monoisotopic (exact) mass is 165 g/mol. The van der Waals surface area contributed by atoms with Gasteiger partial charge in [-0.3, -0.25) is 0 Å². The van der Waals surface area contributed by atoms with Crippen LogP contribution >= 0.6 is 0 Å². The van der Waals surface area contributed by atoms with Crippen LogP contribution in [0.25, 0.3) is 0 Å². The summed E-state index contributed by atoms with van der Waals surface area (Å²) in [6.07, 6.45) is 2.74. The van der Waals surface area contributed by atoms with Crippen LogP contribution in [0.3, 0.4) is 0 Å². The fraction of sp³-hybridized carbons (Fsp3) is 0.455. The Kier molecular flexibility index (Phi) is 4.42. The van der Waals surface area contributed by atoms with Crippen molar-refractivity contribution in [2.75, 3.05) is 0 Å². The topological polar surface area (TPSA) is 3.24 Å². The molecule has 0 saturated heterocycles. The molecule has 0 aliphatic heterocycles. The van der Waals surface area contributed by atoms with Crippen LogP contribution in [0.1, 0.15) is 27.2 Å². The molecule has 0 aromatic carbocycles. The molecule has 0 aromatic heterocycles. The third-order valence-corrected chi connectivity index (χ3v) is 1.58. The molecule has 1 heteroatoms. The molecule has 0 aromatic rings. The van der Waals surface area contributed by atoms with E-state index in [0.717, 1.165) is 17.8 Å². The maximum Gasteiger partial charge on any atom is 0.0153 e. The zero-order valence-electron chi connectivity index (χ0n) is 8.43. The standard InChI is InChI=1S/C11H19N/c1-7-12(10(4)5)11(6)8-9(2)3/h7,9H,1,4,6,8H2,2-3,5H3. The van der Waals surface area contributed by atoms with Crippen LogP contribution in [-0.2, 0) is 0 Å². The third kappa shape index (κ3) is 3.42. The largest absolute Gasteiger partial charge is 0.327 e. The van der Waals surface area contributed by atoms with Gasteiger partial charge in [0, 0.05) is 17.6 Å². The van der Waals surface area contributed by atoms with E-state index in [1.807, 2.05) is 11.8 Å². The molecule has 0 spiro atoms. The van der Waals surface area contributed by atoms with E-state index in [9.17, 15) is 0 Å². The molecular weight excluding hydrogens is 146 g/mol. The maximum atomic E-state index is 3.98. The highest BCUT2D eigenvalue weighted by Crippen LogP contribution is 2.17. The number of hydrogen-bond acceptors (Lipinski definition) is 1. The Balaban J connectivity index is 4.23. The van der Waals surface area contributed by atoms with E-state index in [1.165, 1.54) is 0 Å². The minimum atomic E-state index is 0.624. The van der Waals surface area contributed by atoms with Crippen molar-refractivity contribution in [3.63, 3.8) is 0 Å². The molecule has 0 bridgehead atoms. The normalized spacial score (nSPS) is 9.67. The fourth-order valence-electron chi connectivity index (χ4n) is 1.12. The summed E-state index contributed by atoms with van der Waals surface area (Å²) in [5.74, 6) is 0.624. The molecule has 0 amide bonds. The quantitative estimate of drug-likeness (QED) is 0.602. The first-order valence-electron chi connectivity index (χ1n) is 4.24. The smallest absolute Gasteiger partial charge is 0.0153 e. The van der Waals surface area contributed by atoms with Crippen LogP contribution in [0.4, 0.5) is 0 Å². The minimum Gasteiger partial charge on any atom is -0.327 e. The molecule has 0 atom stereocenters. The van der Waals surface area contributed by atoms with E-state index < -0.39 is 0 Å². The van der Waals surface area contributed by atoms with Gasteiger partial charge in [-0.1, -0.05) is 33.6 Å². The van der Waals surface area contributed by atoms with Gasteiger partial charge < -0.3 is 4.90 Å². The molecule has 0 radical (unpaired) electrons. The Hall–Kier alpha value is -0.980. The first-order valence-corrected chi connectivity index (χ1v) is 4.24. The highest BCUT2D eigenvalue weighted by atomic mass is 15.1. The average molecular weight is 165 g/mol. The van der Waals surface area contributed by atoms with E-state index >= 15 is 0 Å². The summed E-state index contributed by atoms with van der Waals surface area (Å²) in [5.41, 5.74) is 2.03. The predicted octanol–water partition coefficient (Wildman–Crippen LogP) is 3.53. The molecule has 0 aliphatic rings. The van der Waals surface area contributed by atoms with E-state index in [-0.39, 0.29) is 0 Å². The third-order valence-electron chi connectivity index (χ3n) is 1.58. The molecule has 0 saturated carbocycles. The fourth-order valence-corrected chi connectivity index (χ4v) is 1.12. The van der Waals surface area contributed by atoms with Crippen molar-refractivity contribution in [2.24, 2.45) is 5.92 Å². The van der Waals surface area contributed by atoms with Crippen molar-refractivity contribution in [3.8, 4) is 0 Å². The van der Waals surface area contributed by atoms with Gasteiger partial charge in [-0.05, 0) is 19.3 Å². The Morgan fingerprint density at radius 1 is 1.42 bits per heavy atom.